The number of rotatable bonds is 4. The standard InChI is InChI=1S/C14H19FN2O4S/c1-16(10-11-6-8-17(9-7-11)14(18)19)22(20,21)13-4-2-12(15)3-5-13/h2-5,11H,6-10H2,1H3,(H,18,19). The third-order valence-electron chi connectivity index (χ3n) is 3.92. The molecule has 8 heteroatoms. The molecule has 6 nitrogen and oxygen atoms in total. The van der Waals surface area contributed by atoms with Crippen LogP contribution in [0.15, 0.2) is 29.2 Å². The molecule has 2 rings (SSSR count). The summed E-state index contributed by atoms with van der Waals surface area (Å²) in [5, 5.41) is 8.90. The molecule has 1 N–H and O–H groups in total. The first-order valence-electron chi connectivity index (χ1n) is 7.00. The van der Waals surface area contributed by atoms with Crippen molar-refractivity contribution >= 4 is 16.1 Å². The van der Waals surface area contributed by atoms with Gasteiger partial charge >= 0.3 is 6.09 Å². The van der Waals surface area contributed by atoms with E-state index in [4.69, 9.17) is 5.11 Å². The Balaban J connectivity index is 1.98. The van der Waals surface area contributed by atoms with Crippen LogP contribution in [0.1, 0.15) is 12.8 Å². The Labute approximate surface area is 129 Å². The van der Waals surface area contributed by atoms with E-state index in [-0.39, 0.29) is 10.8 Å². The van der Waals surface area contributed by atoms with E-state index >= 15 is 0 Å². The number of amides is 1. The zero-order valence-corrected chi connectivity index (χ0v) is 13.1. The molecule has 0 saturated carbocycles. The van der Waals surface area contributed by atoms with Gasteiger partial charge in [0.2, 0.25) is 10.0 Å². The number of halogens is 1. The van der Waals surface area contributed by atoms with Gasteiger partial charge in [0.1, 0.15) is 5.82 Å². The molecule has 0 unspecified atom stereocenters. The number of nitrogens with zero attached hydrogens (tertiary/aromatic N) is 2. The Kier molecular flexibility index (Phi) is 5.02. The molecule has 0 aliphatic carbocycles. The van der Waals surface area contributed by atoms with E-state index in [9.17, 15) is 17.6 Å². The Morgan fingerprint density at radius 3 is 2.36 bits per heavy atom. The predicted molar refractivity (Wildman–Crippen MR) is 78.5 cm³/mol. The highest BCUT2D eigenvalue weighted by Crippen LogP contribution is 2.21. The normalized spacial score (nSPS) is 17.0. The number of piperidine rings is 1. The van der Waals surface area contributed by atoms with Crippen LogP contribution in [-0.4, -0.2) is 55.5 Å². The first-order chi connectivity index (χ1) is 10.3. The van der Waals surface area contributed by atoms with Gasteiger partial charge in [-0.3, -0.25) is 0 Å². The van der Waals surface area contributed by atoms with E-state index in [1.54, 1.807) is 0 Å². The van der Waals surface area contributed by atoms with Gasteiger partial charge in [0.25, 0.3) is 0 Å². The summed E-state index contributed by atoms with van der Waals surface area (Å²) < 4.78 is 38.9. The van der Waals surface area contributed by atoms with Gasteiger partial charge in [-0.15, -0.1) is 0 Å². The monoisotopic (exact) mass is 330 g/mol. The summed E-state index contributed by atoms with van der Waals surface area (Å²) in [6, 6.07) is 4.72. The maximum absolute atomic E-state index is 12.9. The van der Waals surface area contributed by atoms with E-state index in [1.165, 1.54) is 28.4 Å². The summed E-state index contributed by atoms with van der Waals surface area (Å²) >= 11 is 0. The topological polar surface area (TPSA) is 77.9 Å². The summed E-state index contributed by atoms with van der Waals surface area (Å²) in [7, 11) is -2.16. The average molecular weight is 330 g/mol. The number of sulfonamides is 1. The van der Waals surface area contributed by atoms with Crippen molar-refractivity contribution in [2.75, 3.05) is 26.7 Å². The molecular weight excluding hydrogens is 311 g/mol. The molecule has 0 atom stereocenters. The lowest BCUT2D eigenvalue weighted by Crippen LogP contribution is -2.41. The predicted octanol–water partition coefficient (Wildman–Crippen LogP) is 1.84. The Hall–Kier alpha value is -1.67. The Morgan fingerprint density at radius 2 is 1.86 bits per heavy atom. The largest absolute Gasteiger partial charge is 0.465 e. The molecular formula is C14H19FN2O4S. The molecule has 1 aliphatic heterocycles. The molecule has 1 aromatic rings. The maximum atomic E-state index is 12.9. The first-order valence-corrected chi connectivity index (χ1v) is 8.44. The number of hydrogen-bond acceptors (Lipinski definition) is 3. The van der Waals surface area contributed by atoms with Crippen molar-refractivity contribution in [1.29, 1.82) is 0 Å². The van der Waals surface area contributed by atoms with Crippen molar-refractivity contribution in [3.05, 3.63) is 30.1 Å². The highest BCUT2D eigenvalue weighted by atomic mass is 32.2. The summed E-state index contributed by atoms with van der Waals surface area (Å²) in [6.45, 7) is 1.17. The van der Waals surface area contributed by atoms with Crippen molar-refractivity contribution in [1.82, 2.24) is 9.21 Å². The van der Waals surface area contributed by atoms with Crippen LogP contribution in [0.2, 0.25) is 0 Å². The van der Waals surface area contributed by atoms with E-state index in [1.807, 2.05) is 0 Å². The van der Waals surface area contributed by atoms with Crippen LogP contribution in [0, 0.1) is 11.7 Å². The molecule has 122 valence electrons. The molecule has 0 spiro atoms. The number of likely N-dealkylation sites (tertiary alicyclic amines) is 1. The van der Waals surface area contributed by atoms with Crippen molar-refractivity contribution in [2.24, 2.45) is 5.92 Å². The molecule has 1 heterocycles. The van der Waals surface area contributed by atoms with Crippen molar-refractivity contribution in [3.8, 4) is 0 Å². The smallest absolute Gasteiger partial charge is 0.407 e. The highest BCUT2D eigenvalue weighted by molar-refractivity contribution is 7.89. The Morgan fingerprint density at radius 1 is 1.32 bits per heavy atom. The summed E-state index contributed by atoms with van der Waals surface area (Å²) in [4.78, 5) is 12.2. The third kappa shape index (κ3) is 3.75. The fraction of sp³-hybridized carbons (Fsp3) is 0.500. The fourth-order valence-corrected chi connectivity index (χ4v) is 3.80. The second-order valence-electron chi connectivity index (χ2n) is 5.45. The molecule has 1 amide bonds. The van der Waals surface area contributed by atoms with E-state index < -0.39 is 21.9 Å². The Bertz CT molecular complexity index is 625. The summed E-state index contributed by atoms with van der Waals surface area (Å²) in [5.74, 6) is -0.363. The minimum atomic E-state index is -3.65. The van der Waals surface area contributed by atoms with Gasteiger partial charge in [-0.1, -0.05) is 0 Å². The molecule has 1 aromatic carbocycles. The van der Waals surface area contributed by atoms with E-state index in [0.717, 1.165) is 12.1 Å². The second-order valence-corrected chi connectivity index (χ2v) is 7.50. The van der Waals surface area contributed by atoms with Crippen molar-refractivity contribution in [2.45, 2.75) is 17.7 Å². The van der Waals surface area contributed by atoms with Crippen LogP contribution in [0.3, 0.4) is 0 Å². The van der Waals surface area contributed by atoms with Gasteiger partial charge in [0, 0.05) is 26.7 Å². The lowest BCUT2D eigenvalue weighted by Gasteiger charge is -2.32. The quantitative estimate of drug-likeness (QED) is 0.914. The van der Waals surface area contributed by atoms with Crippen LogP contribution >= 0.6 is 0 Å². The van der Waals surface area contributed by atoms with Crippen LogP contribution < -0.4 is 0 Å². The SMILES string of the molecule is CN(CC1CCN(C(=O)O)CC1)S(=O)(=O)c1ccc(F)cc1. The van der Waals surface area contributed by atoms with Crippen LogP contribution in [0.5, 0.6) is 0 Å². The first kappa shape index (κ1) is 16.7. The summed E-state index contributed by atoms with van der Waals surface area (Å²) in [5.41, 5.74) is 0. The van der Waals surface area contributed by atoms with Crippen LogP contribution in [0.25, 0.3) is 0 Å². The number of carboxylic acid groups (broad SMARTS) is 1. The maximum Gasteiger partial charge on any atom is 0.407 e. The van der Waals surface area contributed by atoms with Gasteiger partial charge in [0.05, 0.1) is 4.90 Å². The van der Waals surface area contributed by atoms with Crippen LogP contribution in [0.4, 0.5) is 9.18 Å². The van der Waals surface area contributed by atoms with Gasteiger partial charge in [-0.2, -0.15) is 0 Å². The average Bonchev–Trinajstić information content (AvgIpc) is 2.48. The lowest BCUT2D eigenvalue weighted by atomic mass is 9.97. The fourth-order valence-electron chi connectivity index (χ4n) is 2.56. The minimum Gasteiger partial charge on any atom is -0.465 e. The number of carbonyl (C=O) groups is 1. The van der Waals surface area contributed by atoms with Gasteiger partial charge in [-0.25, -0.2) is 21.9 Å². The van der Waals surface area contributed by atoms with Gasteiger partial charge in [-0.05, 0) is 43.0 Å². The third-order valence-corrected chi connectivity index (χ3v) is 5.76. The lowest BCUT2D eigenvalue weighted by molar-refractivity contribution is 0.121. The van der Waals surface area contributed by atoms with Crippen molar-refractivity contribution < 1.29 is 22.7 Å². The zero-order chi connectivity index (χ0) is 16.3. The summed E-state index contributed by atoms with van der Waals surface area (Å²) in [6.07, 6.45) is 0.330. The van der Waals surface area contributed by atoms with E-state index in [2.05, 4.69) is 0 Å². The molecule has 0 aromatic heterocycles. The van der Waals surface area contributed by atoms with Gasteiger partial charge in [0.15, 0.2) is 0 Å². The van der Waals surface area contributed by atoms with Gasteiger partial charge < -0.3 is 10.0 Å². The number of benzene rings is 1. The molecule has 1 fully saturated rings. The molecule has 0 radical (unpaired) electrons. The van der Waals surface area contributed by atoms with Crippen molar-refractivity contribution in [3.63, 3.8) is 0 Å². The zero-order valence-electron chi connectivity index (χ0n) is 12.3. The van der Waals surface area contributed by atoms with E-state index in [0.29, 0.717) is 32.5 Å². The molecule has 22 heavy (non-hydrogen) atoms. The highest BCUT2D eigenvalue weighted by Gasteiger charge is 2.27. The second kappa shape index (κ2) is 6.62. The molecule has 0 bridgehead atoms. The van der Waals surface area contributed by atoms with Crippen LogP contribution in [-0.2, 0) is 10.0 Å². The number of hydrogen-bond donors (Lipinski definition) is 1. The molecule has 1 aliphatic rings. The minimum absolute atomic E-state index is 0.0550. The molecule has 1 saturated heterocycles.